The fourth-order valence-corrected chi connectivity index (χ4v) is 6.43. The molecule has 2 aliphatic rings. The van der Waals surface area contributed by atoms with Crippen molar-refractivity contribution in [2.75, 3.05) is 13.2 Å². The van der Waals surface area contributed by atoms with Crippen molar-refractivity contribution in [1.82, 2.24) is 19.9 Å². The maximum Gasteiger partial charge on any atom is 3.00 e. The number of nitrogens with zero attached hydrogens (tertiary/aromatic N) is 2. The molecule has 0 saturated carbocycles. The van der Waals surface area contributed by atoms with Crippen molar-refractivity contribution in [3.05, 3.63) is 69.3 Å². The number of aromatic nitrogens is 4. The number of primary amides is 2. The van der Waals surface area contributed by atoms with E-state index in [9.17, 15) is 29.4 Å². The molecule has 3 aromatic rings. The van der Waals surface area contributed by atoms with Crippen molar-refractivity contribution in [2.45, 2.75) is 92.9 Å². The van der Waals surface area contributed by atoms with Gasteiger partial charge in [0, 0.05) is 46.8 Å². The van der Waals surface area contributed by atoms with Gasteiger partial charge in [-0.15, -0.1) is 0 Å². The Kier molecular flexibility index (Phi) is 20.1. The number of hydrogen-bond donors (Lipinski definition) is 6. The molecule has 0 fully saturated rings. The molecule has 298 valence electrons. The zero-order valence-electron chi connectivity index (χ0n) is 32.7. The molecule has 2 amide bonds. The van der Waals surface area contributed by atoms with Crippen LogP contribution in [0.15, 0.2) is 24.3 Å². The summed E-state index contributed by atoms with van der Waals surface area (Å²) in [5.74, 6) is -3.17. The number of fused-ring (bicyclic) bond motifs is 8. The number of carboxylic acids is 2. The fraction of sp³-hybridized carbons (Fsp3) is 0.400. The Morgan fingerprint density at radius 3 is 1.29 bits per heavy atom. The minimum Gasteiger partial charge on any atom is -1.00 e. The molecule has 8 N–H and O–H groups in total. The maximum atomic E-state index is 11.4. The van der Waals surface area contributed by atoms with Gasteiger partial charge in [0.1, 0.15) is 0 Å². The normalized spacial score (nSPS) is 11.7. The zero-order valence-corrected chi connectivity index (χ0v) is 35.9. The Labute approximate surface area is 345 Å². The molecule has 0 aliphatic carbocycles. The molecule has 3 aromatic heterocycles. The van der Waals surface area contributed by atoms with E-state index in [1.807, 2.05) is 32.0 Å². The SMILES string of the molecule is CCc1c(C)c2cc3[nH]c(cc4nc(cc5nc(cc1[nH]2)C(C)=C5CCC(=O)[O-])C(CCC(=O)[O-])=C4C)c(C)c3CC.NC(=O)CCO.NC(=O)CCO.[Cl-].[Ga+3]. The maximum absolute atomic E-state index is 11.4. The van der Waals surface area contributed by atoms with Crippen LogP contribution in [0.4, 0.5) is 0 Å². The molecule has 0 atom stereocenters. The van der Waals surface area contributed by atoms with Crippen LogP contribution in [0.2, 0.25) is 0 Å². The largest absolute Gasteiger partial charge is 3.00 e. The van der Waals surface area contributed by atoms with Crippen LogP contribution in [0.1, 0.15) is 111 Å². The quantitative estimate of drug-likeness (QED) is 0.125. The number of H-pyrrole nitrogens is 2. The van der Waals surface area contributed by atoms with E-state index in [2.05, 4.69) is 55.2 Å². The Bertz CT molecular complexity index is 2140. The number of aliphatic hydroxyl groups is 2. The average Bonchev–Trinajstić information content (AvgIpc) is 3.75. The van der Waals surface area contributed by atoms with Crippen molar-refractivity contribution in [2.24, 2.45) is 11.5 Å². The number of carbonyl (C=O) groups excluding carboxylic acids is 4. The monoisotopic (exact) mass is 846 g/mol. The third-order valence-corrected chi connectivity index (χ3v) is 9.38. The number of aliphatic carboxylic acids is 2. The van der Waals surface area contributed by atoms with Gasteiger partial charge in [-0.2, -0.15) is 0 Å². The van der Waals surface area contributed by atoms with Crippen LogP contribution in [0.3, 0.4) is 0 Å². The third kappa shape index (κ3) is 12.7. The standard InChI is InChI=1S/C34H38N4O4.2C3H7NO2.ClH.Ga/c1-7-21-17(3)25-13-26-19(5)23(9-11-33(39)40)31(37-26)16-32-24(10-12-34(41)42)20(6)28(38-32)15-30-22(8-2)18(4)27(36-30)14-29(21)35-25;2*4-3(6)1-2-5;;/h13-16,35-36H,7-12H2,1-6H3,(H,39,40)(H,41,42);2*5H,1-2H2,(H2,4,6);1H;/q;;;;+3/p-3. The second-order valence-corrected chi connectivity index (χ2v) is 13.0. The van der Waals surface area contributed by atoms with E-state index in [4.69, 9.17) is 20.2 Å². The van der Waals surface area contributed by atoms with Crippen LogP contribution in [0.25, 0.3) is 44.4 Å². The van der Waals surface area contributed by atoms with Gasteiger partial charge >= 0.3 is 19.8 Å². The van der Waals surface area contributed by atoms with Crippen molar-refractivity contribution < 1.29 is 52.0 Å². The number of halogens is 1. The molecular weight excluding hydrogens is 798 g/mol. The van der Waals surface area contributed by atoms with E-state index in [-0.39, 0.29) is 83.9 Å². The summed E-state index contributed by atoms with van der Waals surface area (Å²) in [6.45, 7) is 12.1. The first-order chi connectivity index (χ1) is 25.6. The minimum absolute atomic E-state index is 0. The number of carbonyl (C=O) groups is 4. The summed E-state index contributed by atoms with van der Waals surface area (Å²) in [4.78, 5) is 59.3. The molecule has 0 unspecified atom stereocenters. The molecule has 0 aromatic carbocycles. The van der Waals surface area contributed by atoms with Crippen molar-refractivity contribution in [1.29, 1.82) is 0 Å². The molecule has 5 rings (SSSR count). The van der Waals surface area contributed by atoms with Gasteiger partial charge in [-0.3, -0.25) is 9.59 Å². The number of aliphatic hydroxyl groups excluding tert-OH is 2. The average molecular weight is 848 g/mol. The van der Waals surface area contributed by atoms with Gasteiger partial charge in [0.2, 0.25) is 11.8 Å². The van der Waals surface area contributed by atoms with Gasteiger partial charge in [0.25, 0.3) is 0 Å². The number of allylic oxidation sites excluding steroid dienone is 4. The number of carboxylic acid groups (broad SMARTS) is 2. The van der Waals surface area contributed by atoms with Crippen LogP contribution < -0.4 is 34.1 Å². The fourth-order valence-electron chi connectivity index (χ4n) is 6.43. The van der Waals surface area contributed by atoms with Crippen LogP contribution in [0.5, 0.6) is 0 Å². The zero-order chi connectivity index (χ0) is 40.3. The predicted molar refractivity (Wildman–Crippen MR) is 210 cm³/mol. The first-order valence-corrected chi connectivity index (χ1v) is 17.9. The number of amides is 2. The van der Waals surface area contributed by atoms with Gasteiger partial charge < -0.3 is 63.9 Å². The molecule has 56 heavy (non-hydrogen) atoms. The number of hydrogen-bond acceptors (Lipinski definition) is 10. The molecule has 16 heteroatoms. The molecular formula is C40H50ClGaN6O8. The first-order valence-electron chi connectivity index (χ1n) is 17.9. The van der Waals surface area contributed by atoms with Crippen molar-refractivity contribution in [3.63, 3.8) is 0 Å². The van der Waals surface area contributed by atoms with Gasteiger partial charge in [-0.05, 0) is 135 Å². The number of rotatable bonds is 12. The summed E-state index contributed by atoms with van der Waals surface area (Å²) in [5, 5.41) is 38.7. The van der Waals surface area contributed by atoms with Crippen LogP contribution in [-0.2, 0) is 32.0 Å². The summed E-state index contributed by atoms with van der Waals surface area (Å²) < 4.78 is 0. The summed E-state index contributed by atoms with van der Waals surface area (Å²) >= 11 is 0. The first kappa shape index (κ1) is 49.3. The summed E-state index contributed by atoms with van der Waals surface area (Å²) in [6, 6.07) is 8.09. The van der Waals surface area contributed by atoms with E-state index in [1.165, 1.54) is 16.7 Å². The smallest absolute Gasteiger partial charge is 1.00 e. The van der Waals surface area contributed by atoms with Crippen LogP contribution in [-0.4, -0.2) is 86.9 Å². The van der Waals surface area contributed by atoms with Crippen molar-refractivity contribution in [3.8, 4) is 0 Å². The van der Waals surface area contributed by atoms with E-state index in [0.29, 0.717) is 11.4 Å². The van der Waals surface area contributed by atoms with Crippen molar-refractivity contribution >= 4 is 87.9 Å². The van der Waals surface area contributed by atoms with Gasteiger partial charge in [-0.25, -0.2) is 9.97 Å². The Morgan fingerprint density at radius 2 is 0.964 bits per heavy atom. The Hall–Kier alpha value is -4.67. The summed E-state index contributed by atoms with van der Waals surface area (Å²) in [6.07, 6.45) is 2.10. The summed E-state index contributed by atoms with van der Waals surface area (Å²) in [7, 11) is 0. The minimum atomic E-state index is -1.13. The Balaban J connectivity index is 0.000000976. The van der Waals surface area contributed by atoms with Gasteiger partial charge in [0.05, 0.1) is 36.0 Å². The number of aromatic amines is 2. The number of nitrogens with one attached hydrogen (secondary N) is 2. The van der Waals surface area contributed by atoms with E-state index in [0.717, 1.165) is 74.2 Å². The summed E-state index contributed by atoms with van der Waals surface area (Å²) in [5.41, 5.74) is 24.1. The molecule has 0 radical (unpaired) electrons. The van der Waals surface area contributed by atoms with Gasteiger partial charge in [0.15, 0.2) is 0 Å². The second-order valence-electron chi connectivity index (χ2n) is 13.0. The molecule has 0 saturated heterocycles. The number of aryl methyl sites for hydroxylation is 4. The molecule has 14 nitrogen and oxygen atoms in total. The van der Waals surface area contributed by atoms with Crippen LogP contribution in [0, 0.1) is 13.8 Å². The van der Waals surface area contributed by atoms with E-state index < -0.39 is 23.8 Å². The van der Waals surface area contributed by atoms with Gasteiger partial charge in [-0.1, -0.05) is 13.8 Å². The van der Waals surface area contributed by atoms with E-state index >= 15 is 0 Å². The molecule has 0 spiro atoms. The molecule has 5 heterocycles. The Morgan fingerprint density at radius 1 is 0.607 bits per heavy atom. The third-order valence-electron chi connectivity index (χ3n) is 9.38. The van der Waals surface area contributed by atoms with E-state index in [1.54, 1.807) is 0 Å². The topological polar surface area (TPSA) is 264 Å². The second kappa shape index (κ2) is 22.8. The number of nitrogens with two attached hydrogens (primary N) is 2. The molecule has 8 bridgehead atoms. The predicted octanol–water partition coefficient (Wildman–Crippen LogP) is -0.691. The van der Waals surface area contributed by atoms with Crippen LogP contribution >= 0.6 is 0 Å². The molecule has 2 aliphatic heterocycles.